The summed E-state index contributed by atoms with van der Waals surface area (Å²) in [5.41, 5.74) is 5.69. The largest absolute Gasteiger partial charge is 0.358 e. The second kappa shape index (κ2) is 7.64. The second-order valence-electron chi connectivity index (χ2n) is 3.77. The quantitative estimate of drug-likeness (QED) is 0.681. The van der Waals surface area contributed by atoms with E-state index in [9.17, 15) is 13.2 Å². The topological polar surface area (TPSA) is 101 Å². The molecule has 1 aromatic carbocycles. The van der Waals surface area contributed by atoms with E-state index in [0.29, 0.717) is 5.56 Å². The van der Waals surface area contributed by atoms with Crippen LogP contribution in [0.25, 0.3) is 0 Å². The molecule has 0 spiro atoms. The van der Waals surface area contributed by atoms with Crippen molar-refractivity contribution in [3.05, 3.63) is 27.7 Å². The van der Waals surface area contributed by atoms with Crippen LogP contribution in [0.2, 0.25) is 10.0 Å². The number of hydrogen-bond donors (Lipinski definition) is 3. The molecule has 1 amide bonds. The number of likely N-dealkylation sites (N-methyl/N-ethyl adjacent to an activating group) is 1. The molecule has 0 saturated carbocycles. The monoisotopic (exact) mass is 349 g/mol. The van der Waals surface area contributed by atoms with Crippen LogP contribution >= 0.6 is 23.2 Å². The Morgan fingerprint density at radius 1 is 1.33 bits per heavy atom. The van der Waals surface area contributed by atoms with Gasteiger partial charge in [-0.3, -0.25) is 4.79 Å². The fourth-order valence-electron chi connectivity index (χ4n) is 1.36. The van der Waals surface area contributed by atoms with Gasteiger partial charge in [0.15, 0.2) is 0 Å². The first-order chi connectivity index (χ1) is 9.81. The van der Waals surface area contributed by atoms with E-state index in [1.807, 2.05) is 0 Å². The number of rotatable bonds is 4. The molecule has 1 rings (SSSR count). The van der Waals surface area contributed by atoms with Crippen LogP contribution in [-0.4, -0.2) is 34.5 Å². The third-order valence-corrected chi connectivity index (χ3v) is 4.63. The van der Waals surface area contributed by atoms with Gasteiger partial charge in [0.1, 0.15) is 4.90 Å². The molecule has 6 nitrogen and oxygen atoms in total. The molecule has 1 aromatic rings. The third kappa shape index (κ3) is 4.88. The summed E-state index contributed by atoms with van der Waals surface area (Å²) in [7, 11) is -2.62. The number of halogens is 2. The third-order valence-electron chi connectivity index (χ3n) is 2.30. The molecule has 0 unspecified atom stereocenters. The maximum atomic E-state index is 12.1. The first kappa shape index (κ1) is 17.8. The molecular formula is C12H13Cl2N3O3S. The zero-order valence-electron chi connectivity index (χ0n) is 11.0. The maximum absolute atomic E-state index is 12.1. The van der Waals surface area contributed by atoms with Gasteiger partial charge >= 0.3 is 0 Å². The van der Waals surface area contributed by atoms with Crippen molar-refractivity contribution in [2.45, 2.75) is 4.90 Å². The molecule has 0 aromatic heterocycles. The SMILES string of the molecule is CNC(=O)CNS(=O)(=O)c1c(Cl)cc(C#CCN)cc1Cl. The van der Waals surface area contributed by atoms with Gasteiger partial charge in [-0.05, 0) is 12.1 Å². The Kier molecular flexibility index (Phi) is 6.45. The van der Waals surface area contributed by atoms with Gasteiger partial charge in [-0.1, -0.05) is 35.0 Å². The summed E-state index contributed by atoms with van der Waals surface area (Å²) in [5.74, 6) is 4.82. The maximum Gasteiger partial charge on any atom is 0.244 e. The zero-order chi connectivity index (χ0) is 16.0. The Hall–Kier alpha value is -1.30. The summed E-state index contributed by atoms with van der Waals surface area (Å²) in [5, 5.41) is 2.11. The molecule has 9 heteroatoms. The van der Waals surface area contributed by atoms with Gasteiger partial charge in [0.05, 0.1) is 23.1 Å². The summed E-state index contributed by atoms with van der Waals surface area (Å²) in [6.45, 7) is -0.261. The lowest BCUT2D eigenvalue weighted by Crippen LogP contribution is -2.35. The predicted octanol–water partition coefficient (Wildman–Crippen LogP) is 0.328. The van der Waals surface area contributed by atoms with Crippen LogP contribution in [0, 0.1) is 11.8 Å². The van der Waals surface area contributed by atoms with Crippen molar-refractivity contribution < 1.29 is 13.2 Å². The Bertz CT molecular complexity index is 685. The number of benzene rings is 1. The molecule has 114 valence electrons. The smallest absolute Gasteiger partial charge is 0.244 e. The second-order valence-corrected chi connectivity index (χ2v) is 6.29. The Balaban J connectivity index is 3.16. The number of carbonyl (C=O) groups excluding carboxylic acids is 1. The molecule has 0 fully saturated rings. The standard InChI is InChI=1S/C12H13Cl2N3O3S/c1-16-11(18)7-17-21(19,20)12-9(13)5-8(3-2-4-15)6-10(12)14/h5-6,17H,4,7,15H2,1H3,(H,16,18). The number of nitrogens with two attached hydrogens (primary N) is 1. The summed E-state index contributed by atoms with van der Waals surface area (Å²) in [4.78, 5) is 10.8. The first-order valence-electron chi connectivity index (χ1n) is 5.70. The van der Waals surface area contributed by atoms with Gasteiger partial charge in [-0.25, -0.2) is 13.1 Å². The molecule has 0 bridgehead atoms. The van der Waals surface area contributed by atoms with E-state index in [4.69, 9.17) is 28.9 Å². The van der Waals surface area contributed by atoms with E-state index in [1.54, 1.807) is 0 Å². The van der Waals surface area contributed by atoms with Crippen LogP contribution in [0.4, 0.5) is 0 Å². The van der Waals surface area contributed by atoms with Crippen molar-refractivity contribution >= 4 is 39.1 Å². The predicted molar refractivity (Wildman–Crippen MR) is 81.6 cm³/mol. The lowest BCUT2D eigenvalue weighted by atomic mass is 10.2. The number of nitrogens with one attached hydrogen (secondary N) is 2. The molecule has 0 atom stereocenters. The van der Waals surface area contributed by atoms with Crippen molar-refractivity contribution in [3.8, 4) is 11.8 Å². The van der Waals surface area contributed by atoms with E-state index in [1.165, 1.54) is 19.2 Å². The normalized spacial score (nSPS) is 10.7. The van der Waals surface area contributed by atoms with Crippen LogP contribution in [0.15, 0.2) is 17.0 Å². The van der Waals surface area contributed by atoms with Crippen molar-refractivity contribution in [3.63, 3.8) is 0 Å². The fraction of sp³-hybridized carbons (Fsp3) is 0.250. The summed E-state index contributed by atoms with van der Waals surface area (Å²) >= 11 is 11.9. The number of sulfonamides is 1. The summed E-state index contributed by atoms with van der Waals surface area (Å²) < 4.78 is 26.3. The average molecular weight is 350 g/mol. The van der Waals surface area contributed by atoms with E-state index < -0.39 is 22.5 Å². The van der Waals surface area contributed by atoms with Gasteiger partial charge in [-0.15, -0.1) is 0 Å². The van der Waals surface area contributed by atoms with E-state index in [-0.39, 0.29) is 21.5 Å². The Labute approximate surface area is 133 Å². The number of carbonyl (C=O) groups is 1. The highest BCUT2D eigenvalue weighted by Gasteiger charge is 2.22. The molecule has 0 aliphatic rings. The molecule has 21 heavy (non-hydrogen) atoms. The van der Waals surface area contributed by atoms with E-state index >= 15 is 0 Å². The molecule has 4 N–H and O–H groups in total. The lowest BCUT2D eigenvalue weighted by Gasteiger charge is -2.10. The van der Waals surface area contributed by atoms with Gasteiger partial charge in [0.25, 0.3) is 0 Å². The molecule has 0 aliphatic heterocycles. The van der Waals surface area contributed by atoms with Crippen LogP contribution in [0.3, 0.4) is 0 Å². The fourth-order valence-corrected chi connectivity index (χ4v) is 3.56. The summed E-state index contributed by atoms with van der Waals surface area (Å²) in [6, 6.07) is 2.73. The minimum absolute atomic E-state index is 0.0896. The van der Waals surface area contributed by atoms with Crippen LogP contribution in [0.5, 0.6) is 0 Å². The highest BCUT2D eigenvalue weighted by atomic mass is 35.5. The molecule has 0 heterocycles. The Morgan fingerprint density at radius 3 is 2.38 bits per heavy atom. The van der Waals surface area contributed by atoms with Gasteiger partial charge < -0.3 is 11.1 Å². The lowest BCUT2D eigenvalue weighted by molar-refractivity contribution is -0.119. The average Bonchev–Trinajstić information content (AvgIpc) is 2.41. The minimum atomic E-state index is -4.01. The van der Waals surface area contributed by atoms with Crippen LogP contribution < -0.4 is 15.8 Å². The van der Waals surface area contributed by atoms with Gasteiger partial charge in [0.2, 0.25) is 15.9 Å². The zero-order valence-corrected chi connectivity index (χ0v) is 13.4. The van der Waals surface area contributed by atoms with Crippen LogP contribution in [0.1, 0.15) is 5.56 Å². The van der Waals surface area contributed by atoms with Crippen molar-refractivity contribution in [1.82, 2.24) is 10.0 Å². The summed E-state index contributed by atoms with van der Waals surface area (Å²) in [6.07, 6.45) is 0. The van der Waals surface area contributed by atoms with Crippen molar-refractivity contribution in [2.75, 3.05) is 20.1 Å². The number of hydrogen-bond acceptors (Lipinski definition) is 4. The van der Waals surface area contributed by atoms with Gasteiger partial charge in [-0.2, -0.15) is 0 Å². The first-order valence-corrected chi connectivity index (χ1v) is 7.94. The molecular weight excluding hydrogens is 337 g/mol. The Morgan fingerprint density at radius 2 is 1.90 bits per heavy atom. The molecule has 0 aliphatic carbocycles. The molecule has 0 saturated heterocycles. The van der Waals surface area contributed by atoms with Crippen molar-refractivity contribution in [2.24, 2.45) is 5.73 Å². The van der Waals surface area contributed by atoms with E-state index in [2.05, 4.69) is 21.9 Å². The van der Waals surface area contributed by atoms with Gasteiger partial charge in [0, 0.05) is 12.6 Å². The van der Waals surface area contributed by atoms with Crippen molar-refractivity contribution in [1.29, 1.82) is 0 Å². The highest BCUT2D eigenvalue weighted by Crippen LogP contribution is 2.30. The number of amides is 1. The van der Waals surface area contributed by atoms with Crippen LogP contribution in [-0.2, 0) is 14.8 Å². The minimum Gasteiger partial charge on any atom is -0.358 e. The van der Waals surface area contributed by atoms with E-state index in [0.717, 1.165) is 0 Å². The molecule has 0 radical (unpaired) electrons. The highest BCUT2D eigenvalue weighted by molar-refractivity contribution is 7.89.